The average molecular weight is 408 g/mol. The minimum Gasteiger partial charge on any atom is -0.367 e. The number of benzene rings is 1. The predicted molar refractivity (Wildman–Crippen MR) is 101 cm³/mol. The number of aromatic nitrogens is 1. The Morgan fingerprint density at radius 2 is 1.76 bits per heavy atom. The van der Waals surface area contributed by atoms with E-state index in [-0.39, 0.29) is 37.2 Å². The molecule has 2 aromatic rings. The van der Waals surface area contributed by atoms with E-state index in [4.69, 9.17) is 0 Å². The van der Waals surface area contributed by atoms with Crippen molar-refractivity contribution in [2.45, 2.75) is 39.6 Å². The molecule has 0 radical (unpaired) electrons. The van der Waals surface area contributed by atoms with Gasteiger partial charge in [0.2, 0.25) is 0 Å². The SMILES string of the molecule is CC(C)C(=O)Cc1cc(C(=O)NCc2ccc(COCC(F)(F)F)cc2)ccn1. The highest BCUT2D eigenvalue weighted by Gasteiger charge is 2.27. The Hall–Kier alpha value is -2.74. The molecule has 0 aliphatic rings. The standard InChI is InChI=1S/C21H23F3N2O3/c1-14(2)19(27)10-18-9-17(7-8-25-18)20(28)26-11-15-3-5-16(6-4-15)12-29-13-21(22,23)24/h3-9,14H,10-13H2,1-2H3,(H,26,28). The van der Waals surface area contributed by atoms with Gasteiger partial charge in [-0.2, -0.15) is 13.2 Å². The molecule has 156 valence electrons. The van der Waals surface area contributed by atoms with E-state index in [0.29, 0.717) is 16.8 Å². The Kier molecular flexibility index (Phi) is 7.90. The summed E-state index contributed by atoms with van der Waals surface area (Å²) in [7, 11) is 0. The molecule has 0 atom stereocenters. The molecule has 0 spiro atoms. The molecule has 0 aliphatic carbocycles. The first-order valence-corrected chi connectivity index (χ1v) is 9.12. The molecule has 1 amide bonds. The molecule has 0 unspecified atom stereocenters. The maximum absolute atomic E-state index is 12.3. The molecule has 8 heteroatoms. The highest BCUT2D eigenvalue weighted by atomic mass is 19.4. The Labute approximate surface area is 167 Å². The van der Waals surface area contributed by atoms with Crippen molar-refractivity contribution in [2.75, 3.05) is 6.61 Å². The topological polar surface area (TPSA) is 68.3 Å². The van der Waals surface area contributed by atoms with Crippen LogP contribution in [-0.2, 0) is 29.1 Å². The lowest BCUT2D eigenvalue weighted by Gasteiger charge is -2.09. The number of ether oxygens (including phenoxy) is 1. The van der Waals surface area contributed by atoms with Gasteiger partial charge in [-0.1, -0.05) is 38.1 Å². The van der Waals surface area contributed by atoms with Crippen LogP contribution in [0.1, 0.15) is 41.0 Å². The first-order valence-electron chi connectivity index (χ1n) is 9.12. The minimum absolute atomic E-state index is 0.0503. The van der Waals surface area contributed by atoms with Gasteiger partial charge < -0.3 is 10.1 Å². The van der Waals surface area contributed by atoms with Crippen molar-refractivity contribution in [2.24, 2.45) is 5.92 Å². The van der Waals surface area contributed by atoms with Crippen LogP contribution in [-0.4, -0.2) is 29.5 Å². The van der Waals surface area contributed by atoms with Crippen molar-refractivity contribution in [3.63, 3.8) is 0 Å². The molecule has 29 heavy (non-hydrogen) atoms. The van der Waals surface area contributed by atoms with E-state index in [0.717, 1.165) is 5.56 Å². The fourth-order valence-corrected chi connectivity index (χ4v) is 2.42. The molecule has 1 aromatic heterocycles. The lowest BCUT2D eigenvalue weighted by Crippen LogP contribution is -2.23. The summed E-state index contributed by atoms with van der Waals surface area (Å²) in [6, 6.07) is 9.90. The molecule has 0 aliphatic heterocycles. The molecule has 0 saturated heterocycles. The van der Waals surface area contributed by atoms with Crippen LogP contribution in [0.15, 0.2) is 42.6 Å². The Balaban J connectivity index is 1.86. The monoisotopic (exact) mass is 408 g/mol. The molecule has 5 nitrogen and oxygen atoms in total. The smallest absolute Gasteiger partial charge is 0.367 e. The quantitative estimate of drug-likeness (QED) is 0.684. The van der Waals surface area contributed by atoms with Gasteiger partial charge in [0.1, 0.15) is 12.4 Å². The second-order valence-electron chi connectivity index (χ2n) is 6.94. The zero-order valence-electron chi connectivity index (χ0n) is 16.3. The maximum Gasteiger partial charge on any atom is 0.411 e. The third kappa shape index (κ3) is 8.03. The third-order valence-electron chi connectivity index (χ3n) is 4.09. The predicted octanol–water partition coefficient (Wildman–Crippen LogP) is 3.86. The van der Waals surface area contributed by atoms with Gasteiger partial charge in [-0.15, -0.1) is 0 Å². The zero-order valence-corrected chi connectivity index (χ0v) is 16.3. The fourth-order valence-electron chi connectivity index (χ4n) is 2.42. The summed E-state index contributed by atoms with van der Waals surface area (Å²) in [5.41, 5.74) is 2.35. The minimum atomic E-state index is -4.35. The number of hydrogen-bond acceptors (Lipinski definition) is 4. The van der Waals surface area contributed by atoms with E-state index in [9.17, 15) is 22.8 Å². The summed E-state index contributed by atoms with van der Waals surface area (Å²) >= 11 is 0. The van der Waals surface area contributed by atoms with E-state index in [1.165, 1.54) is 6.20 Å². The number of nitrogens with zero attached hydrogens (tertiary/aromatic N) is 1. The van der Waals surface area contributed by atoms with E-state index in [2.05, 4.69) is 15.0 Å². The number of nitrogens with one attached hydrogen (secondary N) is 1. The van der Waals surface area contributed by atoms with Crippen LogP contribution >= 0.6 is 0 Å². The van der Waals surface area contributed by atoms with E-state index < -0.39 is 12.8 Å². The van der Waals surface area contributed by atoms with Crippen molar-refractivity contribution in [1.82, 2.24) is 10.3 Å². The number of carbonyl (C=O) groups excluding carboxylic acids is 2. The molecule has 2 rings (SSSR count). The van der Waals surface area contributed by atoms with E-state index >= 15 is 0 Å². The fraction of sp³-hybridized carbons (Fsp3) is 0.381. The Morgan fingerprint density at radius 1 is 1.10 bits per heavy atom. The molecule has 1 aromatic carbocycles. The van der Waals surface area contributed by atoms with Crippen LogP contribution in [0.5, 0.6) is 0 Å². The Morgan fingerprint density at radius 3 is 2.38 bits per heavy atom. The second-order valence-corrected chi connectivity index (χ2v) is 6.94. The van der Waals surface area contributed by atoms with Crippen LogP contribution in [0.4, 0.5) is 13.2 Å². The summed E-state index contributed by atoms with van der Waals surface area (Å²) in [6.07, 6.45) is -2.68. The molecule has 1 heterocycles. The number of pyridine rings is 1. The molecular formula is C21H23F3N2O3. The van der Waals surface area contributed by atoms with Crippen molar-refractivity contribution < 1.29 is 27.5 Å². The van der Waals surface area contributed by atoms with Crippen molar-refractivity contribution >= 4 is 11.7 Å². The molecule has 1 N–H and O–H groups in total. The Bertz CT molecular complexity index is 834. The van der Waals surface area contributed by atoms with E-state index in [1.807, 2.05) is 13.8 Å². The maximum atomic E-state index is 12.3. The number of alkyl halides is 3. The van der Waals surface area contributed by atoms with Crippen LogP contribution in [0.3, 0.4) is 0 Å². The normalized spacial score (nSPS) is 11.5. The van der Waals surface area contributed by atoms with Gasteiger partial charge in [0.25, 0.3) is 5.91 Å². The summed E-state index contributed by atoms with van der Waals surface area (Å²) in [5.74, 6) is -0.353. The highest BCUT2D eigenvalue weighted by Crippen LogP contribution is 2.16. The second kappa shape index (κ2) is 10.2. The summed E-state index contributed by atoms with van der Waals surface area (Å²) in [4.78, 5) is 28.3. The van der Waals surface area contributed by atoms with Gasteiger partial charge >= 0.3 is 6.18 Å². The highest BCUT2D eigenvalue weighted by molar-refractivity contribution is 5.94. The van der Waals surface area contributed by atoms with Gasteiger partial charge in [-0.25, -0.2) is 0 Å². The summed E-state index contributed by atoms with van der Waals surface area (Å²) < 4.78 is 40.8. The number of carbonyl (C=O) groups is 2. The lowest BCUT2D eigenvalue weighted by molar-refractivity contribution is -0.176. The van der Waals surface area contributed by atoms with Crippen molar-refractivity contribution in [3.8, 4) is 0 Å². The van der Waals surface area contributed by atoms with Gasteiger partial charge in [-0.05, 0) is 23.3 Å². The first kappa shape index (κ1) is 22.5. The van der Waals surface area contributed by atoms with Crippen LogP contribution in [0, 0.1) is 5.92 Å². The number of rotatable bonds is 9. The van der Waals surface area contributed by atoms with Crippen LogP contribution < -0.4 is 5.32 Å². The van der Waals surface area contributed by atoms with Crippen LogP contribution in [0.25, 0.3) is 0 Å². The average Bonchev–Trinajstić information content (AvgIpc) is 2.66. The number of ketones is 1. The largest absolute Gasteiger partial charge is 0.411 e. The van der Waals surface area contributed by atoms with Crippen LogP contribution in [0.2, 0.25) is 0 Å². The van der Waals surface area contributed by atoms with Gasteiger partial charge in [0, 0.05) is 36.3 Å². The first-order chi connectivity index (χ1) is 13.6. The summed E-state index contributed by atoms with van der Waals surface area (Å²) in [6.45, 7) is 2.45. The van der Waals surface area contributed by atoms with E-state index in [1.54, 1.807) is 36.4 Å². The van der Waals surface area contributed by atoms with Gasteiger partial charge in [0.05, 0.1) is 6.61 Å². The number of amides is 1. The number of Topliss-reactive ketones (excluding diaryl/α,β-unsaturated/α-hetero) is 1. The van der Waals surface area contributed by atoms with Gasteiger partial charge in [0.15, 0.2) is 0 Å². The molecule has 0 fully saturated rings. The zero-order chi connectivity index (χ0) is 21.4. The molecule has 0 bridgehead atoms. The molecular weight excluding hydrogens is 385 g/mol. The number of halogens is 3. The van der Waals surface area contributed by atoms with Crippen molar-refractivity contribution in [1.29, 1.82) is 0 Å². The van der Waals surface area contributed by atoms with Gasteiger partial charge in [-0.3, -0.25) is 14.6 Å². The number of hydrogen-bond donors (Lipinski definition) is 1. The van der Waals surface area contributed by atoms with Crippen molar-refractivity contribution in [3.05, 3.63) is 65.0 Å². The molecule has 0 saturated carbocycles. The lowest BCUT2D eigenvalue weighted by atomic mass is 10.0. The summed E-state index contributed by atoms with van der Waals surface area (Å²) in [5, 5.41) is 2.77. The third-order valence-corrected chi connectivity index (χ3v) is 4.09.